The molecule has 488 valence electrons. The Bertz CT molecular complexity index is 1700. The maximum absolute atomic E-state index is 14.1. The number of hydrogen-bond acceptors (Lipinski definition) is 22. The molecule has 0 amide bonds. The number of aliphatic hydroxyl groups is 11. The predicted molar refractivity (Wildman–Crippen MR) is 305 cm³/mol. The molecule has 16 unspecified atom stereocenters. The molecule has 0 radical (unpaired) electrons. The summed E-state index contributed by atoms with van der Waals surface area (Å²) >= 11 is 0. The summed E-state index contributed by atoms with van der Waals surface area (Å²) < 4.78 is 58.2. The molecule has 3 rings (SSSR count). The lowest BCUT2D eigenvalue weighted by molar-refractivity contribution is -0.360. The molecule has 3 fully saturated rings. The summed E-state index contributed by atoms with van der Waals surface area (Å²) in [4.78, 5) is 37.6. The van der Waals surface area contributed by atoms with Gasteiger partial charge in [-0.05, 0) is 38.5 Å². The Morgan fingerprint density at radius 1 is 0.446 bits per heavy atom. The lowest BCUT2D eigenvalue weighted by Gasteiger charge is -2.49. The van der Waals surface area contributed by atoms with Gasteiger partial charge in [-0.1, -0.05) is 180 Å². The van der Waals surface area contributed by atoms with Crippen molar-refractivity contribution in [2.24, 2.45) is 0 Å². The van der Waals surface area contributed by atoms with Crippen molar-refractivity contribution < 1.29 is 113 Å². The van der Waals surface area contributed by atoms with Crippen molar-refractivity contribution in [1.29, 1.82) is 0 Å². The van der Waals surface area contributed by atoms with Crippen LogP contribution in [0.3, 0.4) is 0 Å². The molecule has 3 aliphatic rings. The molecule has 83 heavy (non-hydrogen) atoms. The highest BCUT2D eigenvalue weighted by atomic mass is 31.2. The van der Waals surface area contributed by atoms with E-state index in [0.29, 0.717) is 12.8 Å². The van der Waals surface area contributed by atoms with Crippen LogP contribution in [0.4, 0.5) is 0 Å². The second kappa shape index (κ2) is 43.8. The second-order valence-corrected chi connectivity index (χ2v) is 24.3. The van der Waals surface area contributed by atoms with Crippen LogP contribution in [-0.2, 0) is 51.6 Å². The first-order chi connectivity index (χ1) is 39.9. The first-order valence-corrected chi connectivity index (χ1v) is 33.0. The van der Waals surface area contributed by atoms with Gasteiger partial charge in [-0.15, -0.1) is 0 Å². The van der Waals surface area contributed by atoms with E-state index in [0.717, 1.165) is 77.0 Å². The van der Waals surface area contributed by atoms with Gasteiger partial charge in [0.25, 0.3) is 0 Å². The highest BCUT2D eigenvalue weighted by Gasteiger charge is 2.58. The number of phosphoric acid groups is 1. The topological polar surface area (TPSA) is 368 Å². The van der Waals surface area contributed by atoms with E-state index < -0.39 is 150 Å². The zero-order valence-corrected chi connectivity index (χ0v) is 50.6. The molecule has 0 aromatic heterocycles. The van der Waals surface area contributed by atoms with Crippen molar-refractivity contribution in [2.45, 2.75) is 323 Å². The number of carbonyl (C=O) groups excluding carboxylic acids is 2. The van der Waals surface area contributed by atoms with Gasteiger partial charge in [0.2, 0.25) is 0 Å². The van der Waals surface area contributed by atoms with Crippen molar-refractivity contribution in [3.63, 3.8) is 0 Å². The van der Waals surface area contributed by atoms with Crippen LogP contribution in [0.2, 0.25) is 0 Å². The van der Waals surface area contributed by atoms with E-state index in [1.807, 2.05) is 0 Å². The number of esters is 2. The molecule has 23 nitrogen and oxygen atoms in total. The highest BCUT2D eigenvalue weighted by molar-refractivity contribution is 7.47. The molecule has 24 heteroatoms. The fraction of sp³-hybridized carbons (Fsp3) is 0.932. The van der Waals surface area contributed by atoms with Crippen LogP contribution in [0.1, 0.15) is 219 Å². The number of ether oxygens (including phenoxy) is 6. The largest absolute Gasteiger partial charge is 0.472 e. The van der Waals surface area contributed by atoms with Gasteiger partial charge in [0.15, 0.2) is 18.7 Å². The van der Waals surface area contributed by atoms with Crippen molar-refractivity contribution >= 4 is 19.8 Å². The maximum Gasteiger partial charge on any atom is 0.472 e. The standard InChI is InChI=1S/C59H109O23P/c1-3-5-7-9-11-13-15-17-19-20-22-23-25-27-29-31-33-35-44(62)75-39-41(77-45(63)36-34-32-30-28-26-24-21-18-16-14-12-10-8-6-4-2)40-76-83(73,74)82-57-55(80-58-53(71)48(66)46(64)42(37-60)78-58)51(69)50(68)52(70)56(57)81-59-54(72)49(67)47(65)43(38-61)79-59/h14,16,41-43,46-61,64-72H,3-13,15,17-40H2,1-2H3,(H,73,74). The fourth-order valence-electron chi connectivity index (χ4n) is 10.6. The molecule has 0 spiro atoms. The molecule has 1 aliphatic carbocycles. The minimum atomic E-state index is -5.64. The van der Waals surface area contributed by atoms with E-state index >= 15 is 0 Å². The smallest absolute Gasteiger partial charge is 0.462 e. The van der Waals surface area contributed by atoms with Gasteiger partial charge in [-0.3, -0.25) is 18.6 Å². The molecule has 16 atom stereocenters. The molecular formula is C59H109O23P. The Labute approximate surface area is 493 Å². The number of unbranched alkanes of at least 4 members (excludes halogenated alkanes) is 27. The van der Waals surface area contributed by atoms with E-state index in [1.54, 1.807) is 0 Å². The number of hydrogen-bond donors (Lipinski definition) is 12. The number of phosphoric ester groups is 1. The van der Waals surface area contributed by atoms with Crippen LogP contribution in [0.5, 0.6) is 0 Å². The Morgan fingerprint density at radius 2 is 0.795 bits per heavy atom. The molecule has 12 N–H and O–H groups in total. The molecule has 2 saturated heterocycles. The third-order valence-electron chi connectivity index (χ3n) is 15.8. The monoisotopic (exact) mass is 1220 g/mol. The summed E-state index contributed by atoms with van der Waals surface area (Å²) in [7, 11) is -5.64. The number of carbonyl (C=O) groups is 2. The SMILES string of the molecule is CCCCCCC=CCCCCCCCCCC(=O)OC(COC(=O)CCCCCCCCCCCCCCCCCCC)COP(=O)(O)OC1C(OC2OC(CO)C(O)C(O)C2O)C(O)C(O)C(O)C1OC1OC(CO)C(O)C(O)C1O. The predicted octanol–water partition coefficient (Wildman–Crippen LogP) is 5.49. The Kier molecular flexibility index (Phi) is 39.8. The second-order valence-electron chi connectivity index (χ2n) is 22.9. The number of rotatable bonds is 47. The molecule has 2 heterocycles. The lowest BCUT2D eigenvalue weighted by atomic mass is 9.84. The van der Waals surface area contributed by atoms with E-state index in [9.17, 15) is 75.2 Å². The van der Waals surface area contributed by atoms with Crippen LogP contribution < -0.4 is 0 Å². The van der Waals surface area contributed by atoms with Crippen LogP contribution in [0.15, 0.2) is 12.2 Å². The summed E-state index contributed by atoms with van der Waals surface area (Å²) in [5.41, 5.74) is 0. The summed E-state index contributed by atoms with van der Waals surface area (Å²) in [6, 6.07) is 0. The Balaban J connectivity index is 1.66. The average molecular weight is 1220 g/mol. The van der Waals surface area contributed by atoms with Gasteiger partial charge < -0.3 is 89.5 Å². The molecule has 0 aromatic rings. The molecule has 0 aromatic carbocycles. The van der Waals surface area contributed by atoms with Gasteiger partial charge in [-0.2, -0.15) is 0 Å². The van der Waals surface area contributed by atoms with E-state index in [2.05, 4.69) is 26.0 Å². The summed E-state index contributed by atoms with van der Waals surface area (Å²) in [6.07, 6.45) is 3.16. The molecule has 1 saturated carbocycles. The minimum Gasteiger partial charge on any atom is -0.462 e. The van der Waals surface area contributed by atoms with E-state index in [-0.39, 0.29) is 12.8 Å². The summed E-state index contributed by atoms with van der Waals surface area (Å²) in [6.45, 7) is 1.03. The van der Waals surface area contributed by atoms with E-state index in [4.69, 9.17) is 37.5 Å². The zero-order chi connectivity index (χ0) is 61.0. The maximum atomic E-state index is 14.1. The van der Waals surface area contributed by atoms with Gasteiger partial charge in [0.05, 0.1) is 19.8 Å². The molecule has 2 aliphatic heterocycles. The summed E-state index contributed by atoms with van der Waals surface area (Å²) in [5.74, 6) is -1.33. The molecule has 0 bridgehead atoms. The number of aliphatic hydroxyl groups excluding tert-OH is 11. The first-order valence-electron chi connectivity index (χ1n) is 31.5. The molecular weight excluding hydrogens is 1110 g/mol. The van der Waals surface area contributed by atoms with E-state index in [1.165, 1.54) is 103 Å². The first kappa shape index (κ1) is 75.4. The van der Waals surface area contributed by atoms with Crippen LogP contribution in [0, 0.1) is 0 Å². The quantitative estimate of drug-likeness (QED) is 0.0155. The van der Waals surface area contributed by atoms with Gasteiger partial charge in [0, 0.05) is 12.8 Å². The Morgan fingerprint density at radius 3 is 1.19 bits per heavy atom. The van der Waals surface area contributed by atoms with Crippen molar-refractivity contribution in [3.05, 3.63) is 12.2 Å². The van der Waals surface area contributed by atoms with Crippen LogP contribution >= 0.6 is 7.82 Å². The fourth-order valence-corrected chi connectivity index (χ4v) is 11.5. The van der Waals surface area contributed by atoms with Gasteiger partial charge in [-0.25, -0.2) is 4.57 Å². The zero-order valence-electron chi connectivity index (χ0n) is 49.7. The lowest BCUT2D eigenvalue weighted by Crippen LogP contribution is -2.69. The Hall–Kier alpha value is -1.81. The third-order valence-corrected chi connectivity index (χ3v) is 16.8. The van der Waals surface area contributed by atoms with Crippen molar-refractivity contribution in [3.8, 4) is 0 Å². The van der Waals surface area contributed by atoms with Gasteiger partial charge in [0.1, 0.15) is 92.1 Å². The van der Waals surface area contributed by atoms with Crippen molar-refractivity contribution in [2.75, 3.05) is 26.4 Å². The minimum absolute atomic E-state index is 0.0336. The van der Waals surface area contributed by atoms with Crippen LogP contribution in [0.25, 0.3) is 0 Å². The third kappa shape index (κ3) is 28.9. The van der Waals surface area contributed by atoms with Crippen molar-refractivity contribution in [1.82, 2.24) is 0 Å². The van der Waals surface area contributed by atoms with Crippen LogP contribution in [-0.4, -0.2) is 204 Å². The highest BCUT2D eigenvalue weighted by Crippen LogP contribution is 2.49. The number of allylic oxidation sites excluding steroid dienone is 2. The van der Waals surface area contributed by atoms with Gasteiger partial charge >= 0.3 is 19.8 Å². The summed E-state index contributed by atoms with van der Waals surface area (Å²) in [5, 5.41) is 117. The normalized spacial score (nSPS) is 30.6. The average Bonchev–Trinajstić information content (AvgIpc) is 3.66.